The maximum absolute atomic E-state index is 13.8. The van der Waals surface area contributed by atoms with Gasteiger partial charge in [-0.15, -0.1) is 0 Å². The molecule has 0 aliphatic rings. The molecule has 0 atom stereocenters. The fraction of sp³-hybridized carbons (Fsp3) is 0.133. The molecule has 20 heavy (non-hydrogen) atoms. The van der Waals surface area contributed by atoms with Gasteiger partial charge in [-0.1, -0.05) is 22.0 Å². The van der Waals surface area contributed by atoms with Crippen molar-refractivity contribution in [3.8, 4) is 0 Å². The van der Waals surface area contributed by atoms with Gasteiger partial charge in [0.25, 0.3) is 0 Å². The summed E-state index contributed by atoms with van der Waals surface area (Å²) in [6.45, 7) is 2.32. The highest BCUT2D eigenvalue weighted by Gasteiger charge is 2.07. The molecule has 2 aromatic carbocycles. The smallest absolute Gasteiger partial charge is 0.248 e. The Balaban J connectivity index is 2.12. The Bertz CT molecular complexity index is 638. The molecule has 0 radical (unpaired) electrons. The highest BCUT2D eigenvalue weighted by Crippen LogP contribution is 2.20. The van der Waals surface area contributed by atoms with Crippen molar-refractivity contribution < 1.29 is 9.18 Å². The van der Waals surface area contributed by atoms with E-state index in [4.69, 9.17) is 5.73 Å². The molecular formula is C15H14BrFN2O. The first-order valence-electron chi connectivity index (χ1n) is 6.05. The summed E-state index contributed by atoms with van der Waals surface area (Å²) < 4.78 is 14.8. The van der Waals surface area contributed by atoms with E-state index < -0.39 is 11.7 Å². The summed E-state index contributed by atoms with van der Waals surface area (Å²) in [5.41, 5.74) is 7.76. The van der Waals surface area contributed by atoms with Crippen molar-refractivity contribution in [2.24, 2.45) is 5.73 Å². The Labute approximate surface area is 125 Å². The Morgan fingerprint density at radius 3 is 2.65 bits per heavy atom. The van der Waals surface area contributed by atoms with E-state index in [1.807, 2.05) is 25.1 Å². The standard InChI is InChI=1S/C15H14BrFN2O/c1-9-4-12(16)7-13(5-9)19-8-11-3-2-10(15(18)20)6-14(11)17/h2-7,19H,8H2,1H3,(H2,18,20). The van der Waals surface area contributed by atoms with Crippen molar-refractivity contribution >= 4 is 27.5 Å². The van der Waals surface area contributed by atoms with Gasteiger partial charge in [0, 0.05) is 27.8 Å². The Morgan fingerprint density at radius 2 is 2.05 bits per heavy atom. The van der Waals surface area contributed by atoms with E-state index in [9.17, 15) is 9.18 Å². The monoisotopic (exact) mass is 336 g/mol. The molecule has 0 unspecified atom stereocenters. The van der Waals surface area contributed by atoms with Crippen molar-refractivity contribution in [1.29, 1.82) is 0 Å². The normalized spacial score (nSPS) is 10.3. The minimum Gasteiger partial charge on any atom is -0.381 e. The summed E-state index contributed by atoms with van der Waals surface area (Å²) in [6.07, 6.45) is 0. The molecule has 0 saturated heterocycles. The number of primary amides is 1. The van der Waals surface area contributed by atoms with Crippen LogP contribution in [-0.2, 0) is 6.54 Å². The van der Waals surface area contributed by atoms with E-state index in [0.29, 0.717) is 12.1 Å². The van der Waals surface area contributed by atoms with Gasteiger partial charge in [-0.25, -0.2) is 4.39 Å². The minimum atomic E-state index is -0.633. The predicted octanol–water partition coefficient (Wildman–Crippen LogP) is 3.61. The van der Waals surface area contributed by atoms with Crippen molar-refractivity contribution in [3.05, 3.63) is 63.4 Å². The number of amides is 1. The van der Waals surface area contributed by atoms with E-state index in [-0.39, 0.29) is 5.56 Å². The van der Waals surface area contributed by atoms with Gasteiger partial charge >= 0.3 is 0 Å². The number of rotatable bonds is 4. The van der Waals surface area contributed by atoms with Crippen LogP contribution in [0.25, 0.3) is 0 Å². The van der Waals surface area contributed by atoms with Gasteiger partial charge in [-0.3, -0.25) is 4.79 Å². The second-order valence-electron chi connectivity index (χ2n) is 4.54. The molecule has 0 aliphatic carbocycles. The van der Waals surface area contributed by atoms with E-state index >= 15 is 0 Å². The predicted molar refractivity (Wildman–Crippen MR) is 81.1 cm³/mol. The lowest BCUT2D eigenvalue weighted by Crippen LogP contribution is -2.12. The van der Waals surface area contributed by atoms with Crippen LogP contribution >= 0.6 is 15.9 Å². The summed E-state index contributed by atoms with van der Waals surface area (Å²) in [4.78, 5) is 11.0. The molecule has 0 aliphatic heterocycles. The summed E-state index contributed by atoms with van der Waals surface area (Å²) in [6, 6.07) is 10.1. The van der Waals surface area contributed by atoms with Gasteiger partial charge < -0.3 is 11.1 Å². The zero-order valence-corrected chi connectivity index (χ0v) is 12.5. The van der Waals surface area contributed by atoms with Crippen molar-refractivity contribution in [3.63, 3.8) is 0 Å². The number of hydrogen-bond donors (Lipinski definition) is 2. The van der Waals surface area contributed by atoms with Crippen LogP contribution in [0.1, 0.15) is 21.5 Å². The number of carbonyl (C=O) groups excluding carboxylic acids is 1. The van der Waals surface area contributed by atoms with Crippen molar-refractivity contribution in [2.45, 2.75) is 13.5 Å². The SMILES string of the molecule is Cc1cc(Br)cc(NCc2ccc(C(N)=O)cc2F)c1. The minimum absolute atomic E-state index is 0.171. The van der Waals surface area contributed by atoms with E-state index in [1.165, 1.54) is 6.07 Å². The molecule has 3 N–H and O–H groups in total. The van der Waals surface area contributed by atoms with Crippen LogP contribution < -0.4 is 11.1 Å². The number of hydrogen-bond acceptors (Lipinski definition) is 2. The summed E-state index contributed by atoms with van der Waals surface area (Å²) in [5, 5.41) is 3.15. The first kappa shape index (κ1) is 14.5. The lowest BCUT2D eigenvalue weighted by Gasteiger charge is -2.09. The molecule has 5 heteroatoms. The number of benzene rings is 2. The highest BCUT2D eigenvalue weighted by atomic mass is 79.9. The maximum Gasteiger partial charge on any atom is 0.248 e. The van der Waals surface area contributed by atoms with Crippen molar-refractivity contribution in [1.82, 2.24) is 0 Å². The molecule has 0 spiro atoms. The molecular weight excluding hydrogens is 323 g/mol. The molecule has 104 valence electrons. The average molecular weight is 337 g/mol. The highest BCUT2D eigenvalue weighted by molar-refractivity contribution is 9.10. The topological polar surface area (TPSA) is 55.1 Å². The molecule has 1 amide bonds. The van der Waals surface area contributed by atoms with E-state index in [2.05, 4.69) is 21.2 Å². The van der Waals surface area contributed by atoms with Gasteiger partial charge in [0.05, 0.1) is 0 Å². The molecule has 0 aromatic heterocycles. The van der Waals surface area contributed by atoms with Gasteiger partial charge in [0.2, 0.25) is 5.91 Å². The van der Waals surface area contributed by atoms with Gasteiger partial charge in [-0.05, 0) is 42.8 Å². The molecule has 2 rings (SSSR count). The summed E-state index contributed by atoms with van der Waals surface area (Å²) in [7, 11) is 0. The van der Waals surface area contributed by atoms with Crippen LogP contribution in [0.2, 0.25) is 0 Å². The Kier molecular flexibility index (Phi) is 4.39. The molecule has 2 aromatic rings. The third kappa shape index (κ3) is 3.57. The molecule has 0 fully saturated rings. The lowest BCUT2D eigenvalue weighted by molar-refractivity contribution is 0.1000. The molecule has 0 heterocycles. The first-order valence-corrected chi connectivity index (χ1v) is 6.84. The number of anilines is 1. The maximum atomic E-state index is 13.8. The number of nitrogens with one attached hydrogen (secondary N) is 1. The fourth-order valence-corrected chi connectivity index (χ4v) is 2.49. The average Bonchev–Trinajstić information content (AvgIpc) is 2.36. The molecule has 3 nitrogen and oxygen atoms in total. The van der Waals surface area contributed by atoms with Crippen LogP contribution in [0, 0.1) is 12.7 Å². The summed E-state index contributed by atoms with van der Waals surface area (Å²) >= 11 is 3.41. The third-order valence-corrected chi connectivity index (χ3v) is 3.32. The summed E-state index contributed by atoms with van der Waals surface area (Å²) in [5.74, 6) is -1.08. The first-order chi connectivity index (χ1) is 9.45. The van der Waals surface area contributed by atoms with Crippen LogP contribution in [0.4, 0.5) is 10.1 Å². The second kappa shape index (κ2) is 6.05. The number of halogens is 2. The largest absolute Gasteiger partial charge is 0.381 e. The molecule has 0 saturated carbocycles. The zero-order valence-electron chi connectivity index (χ0n) is 10.9. The number of nitrogens with two attached hydrogens (primary N) is 1. The van der Waals surface area contributed by atoms with Gasteiger partial charge in [0.1, 0.15) is 5.82 Å². The van der Waals surface area contributed by atoms with Crippen LogP contribution in [-0.4, -0.2) is 5.91 Å². The fourth-order valence-electron chi connectivity index (χ4n) is 1.88. The quantitative estimate of drug-likeness (QED) is 0.896. The Morgan fingerprint density at radius 1 is 1.30 bits per heavy atom. The van der Waals surface area contributed by atoms with E-state index in [1.54, 1.807) is 6.07 Å². The van der Waals surface area contributed by atoms with Crippen LogP contribution in [0.15, 0.2) is 40.9 Å². The second-order valence-corrected chi connectivity index (χ2v) is 5.46. The third-order valence-electron chi connectivity index (χ3n) is 2.86. The Hall–Kier alpha value is -1.88. The number of aryl methyl sites for hydroxylation is 1. The van der Waals surface area contributed by atoms with Crippen LogP contribution in [0.3, 0.4) is 0 Å². The van der Waals surface area contributed by atoms with Gasteiger partial charge in [0.15, 0.2) is 0 Å². The van der Waals surface area contributed by atoms with Gasteiger partial charge in [-0.2, -0.15) is 0 Å². The molecule has 0 bridgehead atoms. The zero-order chi connectivity index (χ0) is 14.7. The number of carbonyl (C=O) groups is 1. The van der Waals surface area contributed by atoms with Crippen molar-refractivity contribution in [2.75, 3.05) is 5.32 Å². The van der Waals surface area contributed by atoms with Crippen LogP contribution in [0.5, 0.6) is 0 Å². The lowest BCUT2D eigenvalue weighted by atomic mass is 10.1. The van der Waals surface area contributed by atoms with E-state index in [0.717, 1.165) is 21.8 Å².